The number of H-pyrrole nitrogens is 3. The molecule has 3 aliphatic rings. The summed E-state index contributed by atoms with van der Waals surface area (Å²) < 4.78 is 51.1. The van der Waals surface area contributed by atoms with Gasteiger partial charge in [-0.1, -0.05) is 95.7 Å². The molecule has 3 unspecified atom stereocenters. The van der Waals surface area contributed by atoms with Crippen molar-refractivity contribution in [1.29, 1.82) is 0 Å². The maximum absolute atomic E-state index is 15.4. The molecule has 3 aliphatic carbocycles. The average Bonchev–Trinajstić information content (AvgIpc) is 1.61. The van der Waals surface area contributed by atoms with E-state index in [1.807, 2.05) is 70.1 Å². The smallest absolute Gasteiger partial charge is 0.251 e. The highest BCUT2D eigenvalue weighted by molar-refractivity contribution is 6.16. The molecular weight excluding hydrogens is 1440 g/mol. The van der Waals surface area contributed by atoms with Gasteiger partial charge in [0.2, 0.25) is 0 Å². The van der Waals surface area contributed by atoms with Gasteiger partial charge in [0.05, 0.1) is 89.4 Å². The van der Waals surface area contributed by atoms with Gasteiger partial charge in [-0.2, -0.15) is 15.3 Å². The molecule has 3 amide bonds. The molecule has 6 atom stereocenters. The first kappa shape index (κ1) is 75.7. The lowest BCUT2D eigenvalue weighted by atomic mass is 9.88. The lowest BCUT2D eigenvalue weighted by Crippen LogP contribution is -2.53. The van der Waals surface area contributed by atoms with E-state index in [4.69, 9.17) is 5.73 Å². The van der Waals surface area contributed by atoms with Crippen LogP contribution in [0, 0.1) is 17.5 Å². The summed E-state index contributed by atoms with van der Waals surface area (Å²) >= 11 is 0. The van der Waals surface area contributed by atoms with Crippen LogP contribution in [-0.2, 0) is 21.1 Å². The predicted octanol–water partition coefficient (Wildman–Crippen LogP) is 15.0. The molecule has 0 spiro atoms. The van der Waals surface area contributed by atoms with E-state index in [2.05, 4.69) is 107 Å². The third-order valence-electron chi connectivity index (χ3n) is 22.7. The molecule has 12 heterocycles. The normalized spacial score (nSPS) is 17.8. The number of nitrogens with one attached hydrogen (secondary N) is 7. The van der Waals surface area contributed by atoms with Crippen molar-refractivity contribution in [1.82, 2.24) is 100 Å². The number of aryl methyl sites for hydroxylation is 3. The number of likely N-dealkylation sites (N-methyl/N-ethyl adjacent to an activating group) is 2. The lowest BCUT2D eigenvalue weighted by Gasteiger charge is -2.39. The Hall–Kier alpha value is -12.3. The zero-order valence-electron chi connectivity index (χ0n) is 64.4. The zero-order chi connectivity index (χ0) is 78.8. The monoisotopic (exact) mass is 1530 g/mol. The van der Waals surface area contributed by atoms with E-state index in [1.165, 1.54) is 31.4 Å². The van der Waals surface area contributed by atoms with Crippen molar-refractivity contribution in [2.75, 3.05) is 19.6 Å². The van der Waals surface area contributed by atoms with Crippen LogP contribution in [0.5, 0.6) is 0 Å². The van der Waals surface area contributed by atoms with Gasteiger partial charge in [0.1, 0.15) is 34.4 Å². The number of halogens is 3. The van der Waals surface area contributed by atoms with E-state index in [1.54, 1.807) is 112 Å². The largest absolute Gasteiger partial charge is 0.348 e. The van der Waals surface area contributed by atoms with Crippen molar-refractivity contribution in [3.05, 3.63) is 199 Å². The molecular formula is C87H90F3N21O3. The second-order valence-electron chi connectivity index (χ2n) is 30.0. The molecule has 3 saturated carbocycles. The van der Waals surface area contributed by atoms with Crippen LogP contribution in [0.1, 0.15) is 129 Å². The summed E-state index contributed by atoms with van der Waals surface area (Å²) in [5.41, 5.74) is 20.0. The third kappa shape index (κ3) is 15.4. The minimum Gasteiger partial charge on any atom is -0.348 e. The number of pyridine rings is 6. The van der Waals surface area contributed by atoms with Crippen molar-refractivity contribution in [2.24, 2.45) is 26.9 Å². The number of hydrogen-bond acceptors (Lipinski definition) is 15. The molecule has 24 nitrogen and oxygen atoms in total. The first-order valence-corrected chi connectivity index (χ1v) is 39.3. The number of carbonyl (C=O) groups excluding carboxylic acids is 3. The van der Waals surface area contributed by atoms with Crippen LogP contribution in [0.3, 0.4) is 0 Å². The Bertz CT molecular complexity index is 6040. The van der Waals surface area contributed by atoms with Crippen LogP contribution in [0.2, 0.25) is 0 Å². The van der Waals surface area contributed by atoms with E-state index in [-0.39, 0.29) is 41.9 Å². The molecule has 0 saturated heterocycles. The SMILES string of the molecule is CCN(CC)C1CCCC[C@@H]1NC(=O)c1ccc(-c2c(F)cnc3[nH]c4cnc(-c5cnn(C)c5)cc4c23)cc1.CCNC1CCCC[C@@H]1NC(=O)c1ccc(-c2c(F)cnc3[nH]c4cnc(-c5cnn(C)c5)cc4c23)cc1.Cn1cc(-c2cc3c(cn2)[nH]c2ncc(F)c(-c4ccc(C(=O)N[C@H]5CCCCC5N)cc4)c23)cn1. The lowest BCUT2D eigenvalue weighted by molar-refractivity contribution is 0.0844. The van der Waals surface area contributed by atoms with E-state index in [9.17, 15) is 14.4 Å². The molecule has 27 heteroatoms. The molecule has 0 aliphatic heterocycles. The fraction of sp³-hybridized carbons (Fsp3) is 0.310. The molecule has 18 rings (SSSR count). The minimum absolute atomic E-state index is 0.0166. The molecule has 15 aromatic rings. The van der Waals surface area contributed by atoms with E-state index >= 15 is 13.2 Å². The second-order valence-corrected chi connectivity index (χ2v) is 30.0. The van der Waals surface area contributed by atoms with Crippen LogP contribution in [0.4, 0.5) is 13.2 Å². The summed E-state index contributed by atoms with van der Waals surface area (Å²) in [4.78, 5) is 77.9. The first-order chi connectivity index (χ1) is 55.4. The summed E-state index contributed by atoms with van der Waals surface area (Å²) in [6, 6.07) is 28.0. The Balaban J connectivity index is 0.000000129. The Morgan fingerprint density at radius 3 is 1.11 bits per heavy atom. The van der Waals surface area contributed by atoms with Gasteiger partial charge in [-0.3, -0.25) is 48.3 Å². The fourth-order valence-electron chi connectivity index (χ4n) is 16.9. The van der Waals surface area contributed by atoms with Gasteiger partial charge in [0.25, 0.3) is 17.7 Å². The van der Waals surface area contributed by atoms with Gasteiger partial charge in [-0.05, 0) is 129 Å². The highest BCUT2D eigenvalue weighted by Crippen LogP contribution is 2.41. The highest BCUT2D eigenvalue weighted by atomic mass is 19.1. The summed E-state index contributed by atoms with van der Waals surface area (Å²) in [5, 5.41) is 30.3. The van der Waals surface area contributed by atoms with Gasteiger partial charge >= 0.3 is 0 Å². The summed E-state index contributed by atoms with van der Waals surface area (Å²) in [6.45, 7) is 9.27. The number of nitrogens with zero attached hydrogens (tertiary/aromatic N) is 13. The molecule has 0 bridgehead atoms. The molecule has 3 fully saturated rings. The number of aromatic nitrogens is 15. The molecule has 9 N–H and O–H groups in total. The predicted molar refractivity (Wildman–Crippen MR) is 438 cm³/mol. The average molecular weight is 1530 g/mol. The molecule has 12 aromatic heterocycles. The Morgan fingerprint density at radius 1 is 0.421 bits per heavy atom. The maximum Gasteiger partial charge on any atom is 0.251 e. The van der Waals surface area contributed by atoms with E-state index < -0.39 is 17.5 Å². The van der Waals surface area contributed by atoms with Crippen molar-refractivity contribution in [3.63, 3.8) is 0 Å². The zero-order valence-corrected chi connectivity index (χ0v) is 64.4. The summed E-state index contributed by atoms with van der Waals surface area (Å²) in [7, 11) is 5.55. The molecule has 0 radical (unpaired) electrons. The Kier molecular flexibility index (Phi) is 21.8. The van der Waals surface area contributed by atoms with Gasteiger partial charge in [-0.15, -0.1) is 0 Å². The third-order valence-corrected chi connectivity index (χ3v) is 22.7. The topological polar surface area (TPSA) is 307 Å². The van der Waals surface area contributed by atoms with E-state index in [0.29, 0.717) is 95.3 Å². The standard InChI is InChI=1S/C31H34FN7O.C29H30FN7O.C27H26FN7O/c1-4-39(5-2)27-9-7-6-8-24(27)37-31(40)20-12-10-19(11-13-20)28-23(32)16-34-30-29(28)22-14-25(33-17-26(22)36-30)21-15-35-38(3)18-21;1-3-31-22-6-4-5-7-23(22)36-29(38)18-10-8-17(9-11-18)26-21(30)14-33-28-27(26)20-12-24(32-15-25(20)35-28)19-13-34-37(2)16-19;1-35-14-17(11-32-35)22-10-18-23(13-30-22)33-26-25(18)24(19(28)12-31-26)15-6-8-16(9-7-15)27(36)34-21-5-3-2-4-20(21)29/h10-18,24,27H,4-9H2,1-3H3,(H,34,36)(H,37,40);8-16,22-23,31H,3-7H2,1-2H3,(H,33,35)(H,36,38);6-14,20-21H,2-5,29H2,1H3,(H,31,33)(H,34,36)/t24-,27?;22?,23-;20?,21-/m000/s1. The number of aromatic amines is 3. The number of rotatable bonds is 17. The van der Waals surface area contributed by atoms with Gasteiger partial charge in [-0.25, -0.2) is 28.1 Å². The second kappa shape index (κ2) is 32.8. The molecule has 582 valence electrons. The molecule has 3 aromatic carbocycles. The van der Waals surface area contributed by atoms with Crippen LogP contribution in [0.25, 0.3) is 133 Å². The number of hydrogen-bond donors (Lipinski definition) is 8. The van der Waals surface area contributed by atoms with Crippen LogP contribution in [0.15, 0.2) is 165 Å². The van der Waals surface area contributed by atoms with Crippen molar-refractivity contribution < 1.29 is 27.6 Å². The van der Waals surface area contributed by atoms with Crippen molar-refractivity contribution >= 4 is 83.5 Å². The van der Waals surface area contributed by atoms with Crippen LogP contribution < -0.4 is 27.0 Å². The number of nitrogens with two attached hydrogens (primary N) is 1. The van der Waals surface area contributed by atoms with Crippen LogP contribution in [-0.4, -0.2) is 153 Å². The van der Waals surface area contributed by atoms with Gasteiger partial charge in [0, 0.05) is 158 Å². The first-order valence-electron chi connectivity index (χ1n) is 39.3. The summed E-state index contributed by atoms with van der Waals surface area (Å²) in [6.07, 6.45) is 32.5. The maximum atomic E-state index is 15.4. The Labute approximate surface area is 655 Å². The Morgan fingerprint density at radius 2 is 0.754 bits per heavy atom. The number of benzene rings is 3. The van der Waals surface area contributed by atoms with E-state index in [0.717, 1.165) is 150 Å². The molecule has 114 heavy (non-hydrogen) atoms. The fourth-order valence-corrected chi connectivity index (χ4v) is 16.9. The van der Waals surface area contributed by atoms with Crippen molar-refractivity contribution in [2.45, 2.75) is 134 Å². The number of amides is 3. The van der Waals surface area contributed by atoms with Gasteiger partial charge < -0.3 is 42.0 Å². The summed E-state index contributed by atoms with van der Waals surface area (Å²) in [5.74, 6) is -1.64. The van der Waals surface area contributed by atoms with Gasteiger partial charge in [0.15, 0.2) is 0 Å². The number of carbonyl (C=O) groups is 3. The van der Waals surface area contributed by atoms with Crippen LogP contribution >= 0.6 is 0 Å². The van der Waals surface area contributed by atoms with Crippen molar-refractivity contribution in [3.8, 4) is 67.2 Å². The quantitative estimate of drug-likeness (QED) is 0.0420. The minimum atomic E-state index is -0.437. The number of fused-ring (bicyclic) bond motifs is 9. The highest BCUT2D eigenvalue weighted by Gasteiger charge is 2.32.